The smallest absolute Gasteiger partial charge is 0.335 e. The van der Waals surface area contributed by atoms with Crippen molar-refractivity contribution in [3.05, 3.63) is 58.9 Å². The number of rotatable bonds is 4. The molecule has 2 aromatic rings. The summed E-state index contributed by atoms with van der Waals surface area (Å²) in [6, 6.07) is 8.97. The molecule has 2 rings (SSSR count). The van der Waals surface area contributed by atoms with Crippen molar-refractivity contribution < 1.29 is 19.0 Å². The van der Waals surface area contributed by atoms with E-state index >= 15 is 0 Å². The van der Waals surface area contributed by atoms with E-state index in [2.05, 4.69) is 0 Å². The monoisotopic (exact) mass is 275 g/mol. The van der Waals surface area contributed by atoms with Crippen LogP contribution in [0.25, 0.3) is 0 Å². The van der Waals surface area contributed by atoms with E-state index in [0.29, 0.717) is 5.69 Å². The second-order valence-electron chi connectivity index (χ2n) is 4.43. The summed E-state index contributed by atoms with van der Waals surface area (Å²) in [5.74, 6) is -1.38. The van der Waals surface area contributed by atoms with Gasteiger partial charge in [0.2, 0.25) is 0 Å². The molecule has 2 aromatic carbocycles. The van der Waals surface area contributed by atoms with Crippen molar-refractivity contribution in [3.8, 4) is 5.75 Å². The van der Waals surface area contributed by atoms with Crippen molar-refractivity contribution in [1.29, 1.82) is 0 Å². The van der Waals surface area contributed by atoms with Crippen LogP contribution < -0.4 is 10.5 Å². The summed E-state index contributed by atoms with van der Waals surface area (Å²) in [4.78, 5) is 10.7. The molecule has 0 aliphatic rings. The molecule has 0 spiro atoms. The van der Waals surface area contributed by atoms with Gasteiger partial charge in [0.05, 0.1) is 5.56 Å². The Bertz CT molecular complexity index is 638. The Balaban J connectivity index is 2.09. The molecule has 0 bridgehead atoms. The van der Waals surface area contributed by atoms with E-state index in [9.17, 15) is 9.18 Å². The number of nitrogen functional groups attached to an aromatic ring is 1. The molecule has 0 unspecified atom stereocenters. The second-order valence-corrected chi connectivity index (χ2v) is 4.43. The molecule has 0 aromatic heterocycles. The Morgan fingerprint density at radius 3 is 2.55 bits per heavy atom. The zero-order valence-corrected chi connectivity index (χ0v) is 10.9. The van der Waals surface area contributed by atoms with Crippen LogP contribution in [0.1, 0.15) is 21.5 Å². The van der Waals surface area contributed by atoms with E-state index in [0.717, 1.165) is 11.1 Å². The molecule has 0 fully saturated rings. The van der Waals surface area contributed by atoms with E-state index in [-0.39, 0.29) is 17.9 Å². The Labute approximate surface area is 115 Å². The molecular weight excluding hydrogens is 261 g/mol. The third kappa shape index (κ3) is 3.06. The molecule has 0 radical (unpaired) electrons. The van der Waals surface area contributed by atoms with Gasteiger partial charge >= 0.3 is 5.97 Å². The molecule has 0 saturated carbocycles. The van der Waals surface area contributed by atoms with E-state index < -0.39 is 11.8 Å². The molecule has 0 aliphatic heterocycles. The van der Waals surface area contributed by atoms with E-state index in [1.165, 1.54) is 24.3 Å². The van der Waals surface area contributed by atoms with Gasteiger partial charge in [-0.1, -0.05) is 12.1 Å². The Morgan fingerprint density at radius 2 is 1.95 bits per heavy atom. The number of carboxylic acid groups (broad SMARTS) is 1. The summed E-state index contributed by atoms with van der Waals surface area (Å²) >= 11 is 0. The quantitative estimate of drug-likeness (QED) is 0.841. The summed E-state index contributed by atoms with van der Waals surface area (Å²) in [7, 11) is 0. The molecule has 20 heavy (non-hydrogen) atoms. The number of ether oxygens (including phenoxy) is 1. The van der Waals surface area contributed by atoms with Gasteiger partial charge in [0.15, 0.2) is 11.6 Å². The molecule has 0 aliphatic carbocycles. The Hall–Kier alpha value is -2.56. The van der Waals surface area contributed by atoms with Gasteiger partial charge in [-0.15, -0.1) is 0 Å². The minimum atomic E-state index is -0.988. The topological polar surface area (TPSA) is 72.5 Å². The standard InChI is InChI=1S/C15H14FNO3/c1-9-6-14(12(16)7-13(9)17)20-8-10-2-4-11(5-3-10)15(18)19/h2-7H,8,17H2,1H3,(H,18,19). The summed E-state index contributed by atoms with van der Waals surface area (Å²) in [5, 5.41) is 8.78. The van der Waals surface area contributed by atoms with Crippen molar-refractivity contribution in [2.75, 3.05) is 5.73 Å². The molecule has 3 N–H and O–H groups in total. The third-order valence-corrected chi connectivity index (χ3v) is 2.92. The van der Waals surface area contributed by atoms with Gasteiger partial charge in [0.1, 0.15) is 6.61 Å². The fraction of sp³-hybridized carbons (Fsp3) is 0.133. The molecular formula is C15H14FNO3. The summed E-state index contributed by atoms with van der Waals surface area (Å²) in [5.41, 5.74) is 7.66. The molecule has 0 saturated heterocycles. The van der Waals surface area contributed by atoms with Crippen LogP contribution in [-0.2, 0) is 6.61 Å². The van der Waals surface area contributed by atoms with Gasteiger partial charge < -0.3 is 15.6 Å². The molecule has 104 valence electrons. The molecule has 0 atom stereocenters. The zero-order valence-electron chi connectivity index (χ0n) is 10.9. The molecule has 0 amide bonds. The van der Waals surface area contributed by atoms with E-state index in [1.54, 1.807) is 19.1 Å². The number of carboxylic acids is 1. The van der Waals surface area contributed by atoms with Crippen LogP contribution in [0.3, 0.4) is 0 Å². The maximum Gasteiger partial charge on any atom is 0.335 e. The number of carbonyl (C=O) groups is 1. The average molecular weight is 275 g/mol. The van der Waals surface area contributed by atoms with Crippen LogP contribution in [-0.4, -0.2) is 11.1 Å². The highest BCUT2D eigenvalue weighted by molar-refractivity contribution is 5.87. The zero-order chi connectivity index (χ0) is 14.7. The van der Waals surface area contributed by atoms with Crippen LogP contribution in [0.4, 0.5) is 10.1 Å². The third-order valence-electron chi connectivity index (χ3n) is 2.92. The first kappa shape index (κ1) is 13.9. The summed E-state index contributed by atoms with van der Waals surface area (Å²) in [6.07, 6.45) is 0. The van der Waals surface area contributed by atoms with Gasteiger partial charge in [0.25, 0.3) is 0 Å². The number of hydrogen-bond donors (Lipinski definition) is 2. The highest BCUT2D eigenvalue weighted by Gasteiger charge is 2.07. The van der Waals surface area contributed by atoms with Crippen LogP contribution in [0.15, 0.2) is 36.4 Å². The lowest BCUT2D eigenvalue weighted by atomic mass is 10.1. The minimum absolute atomic E-state index is 0.124. The molecule has 0 heterocycles. The highest BCUT2D eigenvalue weighted by Crippen LogP contribution is 2.24. The van der Waals surface area contributed by atoms with Gasteiger partial charge in [0, 0.05) is 11.8 Å². The number of halogens is 1. The van der Waals surface area contributed by atoms with Crippen molar-refractivity contribution in [2.45, 2.75) is 13.5 Å². The van der Waals surface area contributed by atoms with Crippen molar-refractivity contribution >= 4 is 11.7 Å². The number of hydrogen-bond acceptors (Lipinski definition) is 3. The van der Waals surface area contributed by atoms with E-state index in [1.807, 2.05) is 0 Å². The predicted molar refractivity (Wildman–Crippen MR) is 73.3 cm³/mol. The average Bonchev–Trinajstić information content (AvgIpc) is 2.42. The van der Waals surface area contributed by atoms with Crippen molar-refractivity contribution in [2.24, 2.45) is 0 Å². The van der Waals surface area contributed by atoms with E-state index in [4.69, 9.17) is 15.6 Å². The fourth-order valence-electron chi connectivity index (χ4n) is 1.69. The number of aromatic carboxylic acids is 1. The van der Waals surface area contributed by atoms with Gasteiger partial charge in [-0.25, -0.2) is 9.18 Å². The lowest BCUT2D eigenvalue weighted by molar-refractivity contribution is 0.0697. The minimum Gasteiger partial charge on any atom is -0.486 e. The number of benzene rings is 2. The highest BCUT2D eigenvalue weighted by atomic mass is 19.1. The van der Waals surface area contributed by atoms with Crippen LogP contribution >= 0.6 is 0 Å². The maximum absolute atomic E-state index is 13.6. The number of anilines is 1. The van der Waals surface area contributed by atoms with Gasteiger partial charge in [-0.2, -0.15) is 0 Å². The first-order valence-electron chi connectivity index (χ1n) is 5.98. The SMILES string of the molecule is Cc1cc(OCc2ccc(C(=O)O)cc2)c(F)cc1N. The van der Waals surface area contributed by atoms with Crippen LogP contribution in [0.5, 0.6) is 5.75 Å². The van der Waals surface area contributed by atoms with Gasteiger partial charge in [-0.05, 0) is 36.2 Å². The van der Waals surface area contributed by atoms with Gasteiger partial charge in [-0.3, -0.25) is 0 Å². The first-order chi connectivity index (χ1) is 9.47. The normalized spacial score (nSPS) is 10.3. The lowest BCUT2D eigenvalue weighted by Gasteiger charge is -2.10. The second kappa shape index (κ2) is 5.61. The van der Waals surface area contributed by atoms with Crippen molar-refractivity contribution in [1.82, 2.24) is 0 Å². The number of nitrogens with two attached hydrogens (primary N) is 1. The largest absolute Gasteiger partial charge is 0.486 e. The predicted octanol–water partition coefficient (Wildman–Crippen LogP) is 2.99. The Kier molecular flexibility index (Phi) is 3.89. The summed E-state index contributed by atoms with van der Waals surface area (Å²) in [6.45, 7) is 1.92. The molecule has 5 heteroatoms. The maximum atomic E-state index is 13.6. The Morgan fingerprint density at radius 1 is 1.30 bits per heavy atom. The van der Waals surface area contributed by atoms with Crippen molar-refractivity contribution in [3.63, 3.8) is 0 Å². The number of aryl methyl sites for hydroxylation is 1. The lowest BCUT2D eigenvalue weighted by Crippen LogP contribution is -2.01. The first-order valence-corrected chi connectivity index (χ1v) is 5.98. The van der Waals surface area contributed by atoms with Crippen LogP contribution in [0.2, 0.25) is 0 Å². The summed E-state index contributed by atoms with van der Waals surface area (Å²) < 4.78 is 19.0. The van der Waals surface area contributed by atoms with Crippen LogP contribution in [0, 0.1) is 12.7 Å². The molecule has 4 nitrogen and oxygen atoms in total. The fourth-order valence-corrected chi connectivity index (χ4v) is 1.69.